The Kier molecular flexibility index (Phi) is 10.1. The summed E-state index contributed by atoms with van der Waals surface area (Å²) in [4.78, 5) is 56.8. The van der Waals surface area contributed by atoms with Crippen LogP contribution in [0.5, 0.6) is 0 Å². The van der Waals surface area contributed by atoms with E-state index in [1.165, 1.54) is 0 Å². The number of hydrogen-bond acceptors (Lipinski definition) is 6. The molecule has 3 N–H and O–H groups in total. The molecule has 0 bridgehead atoms. The van der Waals surface area contributed by atoms with Gasteiger partial charge in [-0.1, -0.05) is 11.6 Å². The zero-order valence-corrected chi connectivity index (χ0v) is 24.1. The molecule has 3 aromatic heterocycles. The van der Waals surface area contributed by atoms with Crippen molar-refractivity contribution in [2.24, 2.45) is 0 Å². The van der Waals surface area contributed by atoms with Crippen LogP contribution in [0.3, 0.4) is 0 Å². The second-order valence-corrected chi connectivity index (χ2v) is 10.2. The number of aliphatic carboxylic acids is 2. The number of rotatable bonds is 3. The highest BCUT2D eigenvalue weighted by Gasteiger charge is 2.51. The van der Waals surface area contributed by atoms with Gasteiger partial charge in [-0.05, 0) is 36.8 Å². The minimum atomic E-state index is -5.08. The quantitative estimate of drug-likeness (QED) is 0.358. The molecule has 0 aromatic carbocycles. The van der Waals surface area contributed by atoms with Crippen LogP contribution in [0.2, 0.25) is 5.15 Å². The molecule has 3 aromatic rings. The number of H-pyrrole nitrogens is 1. The largest absolute Gasteiger partial charge is 0.490 e. The van der Waals surface area contributed by atoms with Gasteiger partial charge in [-0.3, -0.25) is 9.59 Å². The Morgan fingerprint density at radius 2 is 1.64 bits per heavy atom. The molecule has 45 heavy (non-hydrogen) atoms. The summed E-state index contributed by atoms with van der Waals surface area (Å²) in [6.45, 7) is 1.25. The first-order valence-electron chi connectivity index (χ1n) is 12.6. The maximum absolute atomic E-state index is 13.2. The Morgan fingerprint density at radius 1 is 1.04 bits per heavy atom. The summed E-state index contributed by atoms with van der Waals surface area (Å²) in [6, 6.07) is 9.57. The van der Waals surface area contributed by atoms with E-state index in [-0.39, 0.29) is 18.4 Å². The number of pyridine rings is 1. The van der Waals surface area contributed by atoms with Crippen molar-refractivity contribution in [2.75, 3.05) is 38.6 Å². The summed E-state index contributed by atoms with van der Waals surface area (Å²) in [6.07, 6.45) is -4.08. The molecule has 1 saturated heterocycles. The second kappa shape index (κ2) is 13.1. The molecule has 0 aliphatic carbocycles. The van der Waals surface area contributed by atoms with Crippen LogP contribution in [-0.2, 0) is 19.9 Å². The number of carbonyl (C=O) groups is 4. The number of amides is 2. The van der Waals surface area contributed by atoms with Gasteiger partial charge < -0.3 is 34.5 Å². The molecule has 2 amide bonds. The summed E-state index contributed by atoms with van der Waals surface area (Å²) in [5.41, 5.74) is 1.93. The van der Waals surface area contributed by atoms with Gasteiger partial charge in [0.1, 0.15) is 10.7 Å². The summed E-state index contributed by atoms with van der Waals surface area (Å²) < 4.78 is 65.5. The summed E-state index contributed by atoms with van der Waals surface area (Å²) in [7, 11) is 3.51. The van der Waals surface area contributed by atoms with Crippen LogP contribution in [0, 0.1) is 0 Å². The van der Waals surface area contributed by atoms with E-state index in [0.29, 0.717) is 30.2 Å². The molecule has 1 spiro atoms. The van der Waals surface area contributed by atoms with Crippen molar-refractivity contribution < 1.29 is 55.7 Å². The molecule has 1 fully saturated rings. The molecule has 2 aliphatic rings. The molecular formula is C26H25ClF6N6O6. The van der Waals surface area contributed by atoms with Gasteiger partial charge in [0.2, 0.25) is 5.91 Å². The fraction of sp³-hybridized carbons (Fsp3) is 0.346. The summed E-state index contributed by atoms with van der Waals surface area (Å²) in [5.74, 6) is -4.80. The number of aromatic nitrogens is 3. The van der Waals surface area contributed by atoms with Gasteiger partial charge in [-0.2, -0.15) is 26.3 Å². The lowest BCUT2D eigenvalue weighted by molar-refractivity contribution is -0.193. The number of nitrogens with zero attached hydrogens (tertiary/aromatic N) is 5. The third kappa shape index (κ3) is 7.68. The number of fused-ring (bicyclic) bond motifs is 4. The minimum Gasteiger partial charge on any atom is -0.475 e. The van der Waals surface area contributed by atoms with Crippen molar-refractivity contribution in [3.63, 3.8) is 0 Å². The molecule has 1 atom stereocenters. The first kappa shape index (κ1) is 34.7. The summed E-state index contributed by atoms with van der Waals surface area (Å²) in [5, 5.41) is 14.7. The molecule has 5 rings (SSSR count). The van der Waals surface area contributed by atoms with Gasteiger partial charge in [0, 0.05) is 45.8 Å². The van der Waals surface area contributed by atoms with Crippen molar-refractivity contribution in [3.05, 3.63) is 65.3 Å². The van der Waals surface area contributed by atoms with Crippen LogP contribution >= 0.6 is 11.6 Å². The lowest BCUT2D eigenvalue weighted by atomic mass is 9.88. The SMILES string of the molecule is CN(C)C(=O)CN1c2cccnc2-n2cccc2C12CCN(C(=O)c1c[nH]c(Cl)c1)C2.O=C(O)C(F)(F)F.O=C(O)C(F)(F)F. The topological polar surface area (TPSA) is 152 Å². The Hall–Kier alpha value is -4.74. The van der Waals surface area contributed by atoms with E-state index in [2.05, 4.69) is 25.5 Å². The molecule has 19 heteroatoms. The van der Waals surface area contributed by atoms with E-state index >= 15 is 0 Å². The van der Waals surface area contributed by atoms with Crippen molar-refractivity contribution >= 4 is 41.0 Å². The third-order valence-corrected chi connectivity index (χ3v) is 6.95. The first-order chi connectivity index (χ1) is 20.8. The molecule has 12 nitrogen and oxygen atoms in total. The van der Waals surface area contributed by atoms with E-state index in [0.717, 1.165) is 17.2 Å². The molecular weight excluding hydrogens is 642 g/mol. The lowest BCUT2D eigenvalue weighted by Crippen LogP contribution is -2.55. The maximum atomic E-state index is 13.2. The Balaban J connectivity index is 0.000000331. The van der Waals surface area contributed by atoms with Crippen LogP contribution in [0.15, 0.2) is 48.9 Å². The number of nitrogens with one attached hydrogen (secondary N) is 1. The fourth-order valence-corrected chi connectivity index (χ4v) is 4.85. The van der Waals surface area contributed by atoms with Gasteiger partial charge in [-0.25, -0.2) is 14.6 Å². The van der Waals surface area contributed by atoms with Gasteiger partial charge in [0.25, 0.3) is 5.91 Å². The normalized spacial score (nSPS) is 16.9. The standard InChI is InChI=1S/C22H23ClN6O2.2C2HF3O2/c1-26(2)19(30)13-29-16-5-3-8-24-20(16)28-9-4-6-17(28)22(29)7-10-27(14-22)21(31)15-11-18(23)25-12-15;2*3-2(4,5)1(6)7/h3-6,8-9,11-12,25H,7,10,13-14H2,1-2H3;2*(H,6,7). The number of aromatic amines is 1. The number of likely N-dealkylation sites (tertiary alicyclic amines) is 1. The fourth-order valence-electron chi connectivity index (χ4n) is 4.68. The maximum Gasteiger partial charge on any atom is 0.490 e. The monoisotopic (exact) mass is 666 g/mol. The van der Waals surface area contributed by atoms with Crippen LogP contribution in [-0.4, -0.2) is 104 Å². The highest BCUT2D eigenvalue weighted by Crippen LogP contribution is 2.47. The second-order valence-electron chi connectivity index (χ2n) is 9.83. The van der Waals surface area contributed by atoms with E-state index in [4.69, 9.17) is 31.4 Å². The molecule has 5 heterocycles. The number of hydrogen-bond donors (Lipinski definition) is 3. The van der Waals surface area contributed by atoms with E-state index in [1.807, 2.05) is 29.3 Å². The van der Waals surface area contributed by atoms with Crippen LogP contribution in [0.1, 0.15) is 22.5 Å². The number of anilines is 1. The molecule has 1 unspecified atom stereocenters. The first-order valence-corrected chi connectivity index (χ1v) is 13.0. The predicted octanol–water partition coefficient (Wildman–Crippen LogP) is 3.77. The minimum absolute atomic E-state index is 0.00335. The Bertz CT molecular complexity index is 1550. The number of carboxylic acid groups (broad SMARTS) is 2. The smallest absolute Gasteiger partial charge is 0.475 e. The lowest BCUT2D eigenvalue weighted by Gasteiger charge is -2.46. The number of carbonyl (C=O) groups excluding carboxylic acids is 2. The third-order valence-electron chi connectivity index (χ3n) is 6.73. The number of carboxylic acids is 2. The molecule has 0 radical (unpaired) electrons. The Labute approximate surface area is 255 Å². The van der Waals surface area contributed by atoms with Crippen LogP contribution < -0.4 is 4.90 Å². The van der Waals surface area contributed by atoms with Gasteiger partial charge in [0.05, 0.1) is 23.5 Å². The zero-order chi connectivity index (χ0) is 33.9. The number of likely N-dealkylation sites (N-methyl/N-ethyl adjacent to an activating group) is 1. The van der Waals surface area contributed by atoms with E-state index < -0.39 is 29.8 Å². The Morgan fingerprint density at radius 3 is 2.16 bits per heavy atom. The van der Waals surface area contributed by atoms with Crippen LogP contribution in [0.4, 0.5) is 32.0 Å². The highest BCUT2D eigenvalue weighted by molar-refractivity contribution is 6.29. The van der Waals surface area contributed by atoms with Crippen LogP contribution in [0.25, 0.3) is 5.82 Å². The van der Waals surface area contributed by atoms with Crippen molar-refractivity contribution in [2.45, 2.75) is 24.3 Å². The zero-order valence-electron chi connectivity index (χ0n) is 23.4. The van der Waals surface area contributed by atoms with Gasteiger partial charge >= 0.3 is 24.3 Å². The highest BCUT2D eigenvalue weighted by atomic mass is 35.5. The van der Waals surface area contributed by atoms with Crippen molar-refractivity contribution in [3.8, 4) is 5.82 Å². The predicted molar refractivity (Wildman–Crippen MR) is 145 cm³/mol. The summed E-state index contributed by atoms with van der Waals surface area (Å²) >= 11 is 5.98. The van der Waals surface area contributed by atoms with E-state index in [1.54, 1.807) is 37.5 Å². The van der Waals surface area contributed by atoms with Gasteiger partial charge in [-0.15, -0.1) is 0 Å². The number of halogens is 7. The van der Waals surface area contributed by atoms with Gasteiger partial charge in [0.15, 0.2) is 5.82 Å². The van der Waals surface area contributed by atoms with E-state index in [9.17, 15) is 35.9 Å². The molecule has 0 saturated carbocycles. The number of alkyl halides is 6. The molecule has 2 aliphatic heterocycles. The van der Waals surface area contributed by atoms with Crippen molar-refractivity contribution in [1.82, 2.24) is 24.3 Å². The van der Waals surface area contributed by atoms with Crippen molar-refractivity contribution in [1.29, 1.82) is 0 Å². The molecule has 244 valence electrons. The average molecular weight is 667 g/mol. The average Bonchev–Trinajstić information content (AvgIpc) is 3.71.